The van der Waals surface area contributed by atoms with Crippen LogP contribution in [0.25, 0.3) is 0 Å². The average molecular weight is 318 g/mol. The first-order chi connectivity index (χ1) is 9.79. The number of hydrogen-bond donors (Lipinski definition) is 1. The molecule has 1 aromatic rings. The zero-order valence-electron chi connectivity index (χ0n) is 11.8. The van der Waals surface area contributed by atoms with E-state index in [9.17, 15) is 19.6 Å². The molecule has 1 aliphatic rings. The maximum Gasteiger partial charge on any atom is 0.294 e. The highest BCUT2D eigenvalue weighted by Gasteiger charge is 2.35. The summed E-state index contributed by atoms with van der Waals surface area (Å²) in [6.45, 7) is 0.846. The van der Waals surface area contributed by atoms with Crippen LogP contribution in [0.1, 0.15) is 6.42 Å². The van der Waals surface area contributed by atoms with Crippen molar-refractivity contribution in [1.29, 1.82) is 0 Å². The zero-order valence-corrected chi connectivity index (χ0v) is 12.5. The summed E-state index contributed by atoms with van der Waals surface area (Å²) in [6.07, 6.45) is -0.104. The molecule has 8 heteroatoms. The number of nitrogens with zero attached hydrogens (tertiary/aromatic N) is 3. The molecule has 0 spiro atoms. The summed E-state index contributed by atoms with van der Waals surface area (Å²) in [4.78, 5) is 14.2. The van der Waals surface area contributed by atoms with Gasteiger partial charge in [-0.15, -0.1) is 0 Å². The van der Waals surface area contributed by atoms with Gasteiger partial charge in [0.15, 0.2) is 0 Å². The standard InChI is InChI=1S/C13H17ClFN3O3/c1-16(2)6-8-3-9(19)7-17(8)12-5-11(15)10(14)4-13(12)18(20)21/h4-5,8-9,19H,3,6-7H2,1-2H3. The Hall–Kier alpha value is -1.44. The van der Waals surface area contributed by atoms with E-state index < -0.39 is 16.8 Å². The summed E-state index contributed by atoms with van der Waals surface area (Å²) >= 11 is 5.63. The van der Waals surface area contributed by atoms with Crippen molar-refractivity contribution in [2.24, 2.45) is 0 Å². The maximum atomic E-state index is 13.7. The number of nitro groups is 1. The minimum Gasteiger partial charge on any atom is -0.391 e. The first-order valence-corrected chi connectivity index (χ1v) is 6.90. The highest BCUT2D eigenvalue weighted by molar-refractivity contribution is 6.31. The number of rotatable bonds is 4. The Morgan fingerprint density at radius 3 is 2.81 bits per heavy atom. The van der Waals surface area contributed by atoms with Crippen LogP contribution in [0.2, 0.25) is 5.02 Å². The van der Waals surface area contributed by atoms with Gasteiger partial charge >= 0.3 is 0 Å². The van der Waals surface area contributed by atoms with E-state index in [2.05, 4.69) is 0 Å². The lowest BCUT2D eigenvalue weighted by molar-refractivity contribution is -0.384. The van der Waals surface area contributed by atoms with Crippen molar-refractivity contribution >= 4 is 23.0 Å². The van der Waals surface area contributed by atoms with Crippen molar-refractivity contribution in [3.05, 3.63) is 33.1 Å². The minimum absolute atomic E-state index is 0.116. The van der Waals surface area contributed by atoms with E-state index >= 15 is 0 Å². The molecule has 1 fully saturated rings. The van der Waals surface area contributed by atoms with Crippen LogP contribution in [0.3, 0.4) is 0 Å². The van der Waals surface area contributed by atoms with Gasteiger partial charge in [0.2, 0.25) is 0 Å². The van der Waals surface area contributed by atoms with Gasteiger partial charge in [-0.1, -0.05) is 11.6 Å². The number of halogens is 2. The Morgan fingerprint density at radius 2 is 2.24 bits per heavy atom. The van der Waals surface area contributed by atoms with Crippen LogP contribution in [-0.2, 0) is 0 Å². The third kappa shape index (κ3) is 3.42. The molecule has 1 N–H and O–H groups in total. The summed E-state index contributed by atoms with van der Waals surface area (Å²) in [5.41, 5.74) is -0.0930. The van der Waals surface area contributed by atoms with Gasteiger partial charge in [0, 0.05) is 31.3 Å². The van der Waals surface area contributed by atoms with Gasteiger partial charge in [-0.2, -0.15) is 0 Å². The number of aliphatic hydroxyl groups excluding tert-OH is 1. The molecule has 1 saturated heterocycles. The number of aliphatic hydroxyl groups is 1. The van der Waals surface area contributed by atoms with Crippen molar-refractivity contribution in [1.82, 2.24) is 4.90 Å². The normalized spacial score (nSPS) is 22.1. The lowest BCUT2D eigenvalue weighted by Gasteiger charge is -2.28. The minimum atomic E-state index is -0.706. The topological polar surface area (TPSA) is 69.8 Å². The highest BCUT2D eigenvalue weighted by atomic mass is 35.5. The Kier molecular flexibility index (Phi) is 4.65. The first kappa shape index (κ1) is 15.9. The molecule has 2 rings (SSSR count). The van der Waals surface area contributed by atoms with E-state index in [4.69, 9.17) is 11.6 Å². The van der Waals surface area contributed by atoms with E-state index in [0.717, 1.165) is 12.1 Å². The number of β-amino-alcohol motifs (C(OH)–C–C–N with tert-alkyl or cyclic N) is 1. The van der Waals surface area contributed by atoms with Crippen LogP contribution in [0.4, 0.5) is 15.8 Å². The molecule has 0 radical (unpaired) electrons. The largest absolute Gasteiger partial charge is 0.391 e. The van der Waals surface area contributed by atoms with Gasteiger partial charge in [-0.3, -0.25) is 10.1 Å². The predicted octanol–water partition coefficient (Wildman–Crippen LogP) is 1.89. The molecule has 0 aliphatic carbocycles. The smallest absolute Gasteiger partial charge is 0.294 e. The molecule has 2 unspecified atom stereocenters. The molecule has 116 valence electrons. The first-order valence-electron chi connectivity index (χ1n) is 6.52. The highest BCUT2D eigenvalue weighted by Crippen LogP contribution is 2.37. The van der Waals surface area contributed by atoms with Gasteiger partial charge in [-0.05, 0) is 20.5 Å². The van der Waals surface area contributed by atoms with Crippen LogP contribution in [0.15, 0.2) is 12.1 Å². The number of likely N-dealkylation sites (N-methyl/N-ethyl adjacent to an activating group) is 1. The molecule has 1 aromatic carbocycles. The number of hydrogen-bond acceptors (Lipinski definition) is 5. The molecule has 21 heavy (non-hydrogen) atoms. The van der Waals surface area contributed by atoms with Gasteiger partial charge in [-0.25, -0.2) is 4.39 Å². The third-order valence-corrected chi connectivity index (χ3v) is 3.78. The quantitative estimate of drug-likeness (QED) is 0.678. The molecule has 0 amide bonds. The Balaban J connectivity index is 2.43. The van der Waals surface area contributed by atoms with Gasteiger partial charge in [0.1, 0.15) is 11.5 Å². The summed E-state index contributed by atoms with van der Waals surface area (Å²) in [5, 5.41) is 20.7. The fourth-order valence-corrected chi connectivity index (χ4v) is 2.84. The lowest BCUT2D eigenvalue weighted by atomic mass is 10.1. The van der Waals surface area contributed by atoms with Crippen molar-refractivity contribution < 1.29 is 14.4 Å². The second-order valence-electron chi connectivity index (χ2n) is 5.47. The van der Waals surface area contributed by atoms with Crippen LogP contribution < -0.4 is 4.90 Å². The average Bonchev–Trinajstić information content (AvgIpc) is 2.71. The van der Waals surface area contributed by atoms with Crippen LogP contribution in [0, 0.1) is 15.9 Å². The van der Waals surface area contributed by atoms with Crippen LogP contribution >= 0.6 is 11.6 Å². The Morgan fingerprint density at radius 1 is 1.57 bits per heavy atom. The SMILES string of the molecule is CN(C)CC1CC(O)CN1c1cc(F)c(Cl)cc1[N+](=O)[O-]. The van der Waals surface area contributed by atoms with Gasteiger partial charge in [0.25, 0.3) is 5.69 Å². The predicted molar refractivity (Wildman–Crippen MR) is 78.4 cm³/mol. The van der Waals surface area contributed by atoms with Gasteiger partial charge in [0.05, 0.1) is 16.0 Å². The van der Waals surface area contributed by atoms with E-state index in [-0.39, 0.29) is 29.0 Å². The van der Waals surface area contributed by atoms with Crippen molar-refractivity contribution in [3.8, 4) is 0 Å². The number of anilines is 1. The Labute approximate surface area is 126 Å². The van der Waals surface area contributed by atoms with E-state index in [1.807, 2.05) is 19.0 Å². The number of nitro benzene ring substituents is 1. The fourth-order valence-electron chi connectivity index (χ4n) is 2.68. The number of benzene rings is 1. The zero-order chi connectivity index (χ0) is 15.7. The second kappa shape index (κ2) is 6.13. The molecular formula is C13H17ClFN3O3. The Bertz CT molecular complexity index is 556. The monoisotopic (exact) mass is 317 g/mol. The fraction of sp³-hybridized carbons (Fsp3) is 0.538. The molecule has 1 aliphatic heterocycles. The van der Waals surface area contributed by atoms with E-state index in [0.29, 0.717) is 13.0 Å². The second-order valence-corrected chi connectivity index (χ2v) is 5.88. The molecule has 1 heterocycles. The molecule has 0 aromatic heterocycles. The van der Waals surface area contributed by atoms with Crippen molar-refractivity contribution in [2.45, 2.75) is 18.6 Å². The molecular weight excluding hydrogens is 301 g/mol. The molecule has 0 bridgehead atoms. The van der Waals surface area contributed by atoms with Crippen molar-refractivity contribution in [3.63, 3.8) is 0 Å². The van der Waals surface area contributed by atoms with Crippen LogP contribution in [-0.4, -0.2) is 54.3 Å². The van der Waals surface area contributed by atoms with E-state index in [1.54, 1.807) is 4.90 Å². The molecule has 0 saturated carbocycles. The van der Waals surface area contributed by atoms with E-state index in [1.165, 1.54) is 0 Å². The lowest BCUT2D eigenvalue weighted by Crippen LogP contribution is -2.38. The van der Waals surface area contributed by atoms with Crippen molar-refractivity contribution in [2.75, 3.05) is 32.1 Å². The molecule has 2 atom stereocenters. The summed E-state index contributed by atoms with van der Waals surface area (Å²) in [5.74, 6) is -0.706. The van der Waals surface area contributed by atoms with Crippen LogP contribution in [0.5, 0.6) is 0 Å². The maximum absolute atomic E-state index is 13.7. The summed E-state index contributed by atoms with van der Waals surface area (Å²) in [7, 11) is 3.75. The molecule has 6 nitrogen and oxygen atoms in total. The summed E-state index contributed by atoms with van der Waals surface area (Å²) < 4.78 is 13.7. The third-order valence-electron chi connectivity index (χ3n) is 3.49. The summed E-state index contributed by atoms with van der Waals surface area (Å²) in [6, 6.07) is 1.97. The van der Waals surface area contributed by atoms with Gasteiger partial charge < -0.3 is 14.9 Å².